The van der Waals surface area contributed by atoms with Crippen molar-refractivity contribution in [1.82, 2.24) is 5.32 Å². The van der Waals surface area contributed by atoms with Crippen molar-refractivity contribution in [3.8, 4) is 0 Å². The number of carbonyl (C=O) groups excluding carboxylic acids is 1. The number of rotatable bonds is 10. The molecule has 0 fully saturated rings. The molecule has 6 N–H and O–H groups in total. The average molecular weight is 361 g/mol. The first-order chi connectivity index (χ1) is 11.8. The van der Waals surface area contributed by atoms with Crippen LogP contribution >= 0.6 is 0 Å². The van der Waals surface area contributed by atoms with Gasteiger partial charge in [0.25, 0.3) is 0 Å². The molecule has 0 spiro atoms. The summed E-state index contributed by atoms with van der Waals surface area (Å²) in [6.07, 6.45) is -1.48. The summed E-state index contributed by atoms with van der Waals surface area (Å²) in [7, 11) is 0. The van der Waals surface area contributed by atoms with Crippen LogP contribution in [0.15, 0.2) is 11.8 Å². The molecular formula is C16H27NO8. The van der Waals surface area contributed by atoms with Crippen LogP contribution in [-0.4, -0.2) is 74.5 Å². The third kappa shape index (κ3) is 6.28. The molecule has 0 bridgehead atoms. The Labute approximate surface area is 145 Å². The second-order valence-corrected chi connectivity index (χ2v) is 6.05. The molecule has 1 aliphatic heterocycles. The summed E-state index contributed by atoms with van der Waals surface area (Å²) in [4.78, 5) is 23.1. The van der Waals surface area contributed by atoms with Gasteiger partial charge in [0.2, 0.25) is 11.7 Å². The lowest BCUT2D eigenvalue weighted by Gasteiger charge is -2.38. The van der Waals surface area contributed by atoms with Gasteiger partial charge in [0, 0.05) is 6.42 Å². The second-order valence-electron chi connectivity index (χ2n) is 6.05. The number of aliphatic carboxylic acids is 1. The molecule has 9 nitrogen and oxygen atoms in total. The minimum atomic E-state index is -1.70. The monoisotopic (exact) mass is 361 g/mol. The summed E-state index contributed by atoms with van der Waals surface area (Å²) in [5, 5.41) is 50.3. The van der Waals surface area contributed by atoms with Crippen LogP contribution in [0.5, 0.6) is 0 Å². The standard InChI is InChI=1S/C16H27NO8/c1-2-3-4-5-6-12(21)17-13-9(19)7-11(16(23)24)25-15(13)14(22)10(20)8-18/h7,9-10,13-15,18-20,22H,2-6,8H2,1H3,(H,17,21)(H,23,24)/t9?,10?,13-,14?,15?/m1/s1. The molecule has 144 valence electrons. The van der Waals surface area contributed by atoms with E-state index < -0.39 is 48.8 Å². The van der Waals surface area contributed by atoms with E-state index in [4.69, 9.17) is 14.9 Å². The van der Waals surface area contributed by atoms with Gasteiger partial charge in [0.1, 0.15) is 18.3 Å². The Morgan fingerprint density at radius 1 is 1.28 bits per heavy atom. The van der Waals surface area contributed by atoms with Gasteiger partial charge in [0.15, 0.2) is 6.10 Å². The smallest absolute Gasteiger partial charge is 0.370 e. The van der Waals surface area contributed by atoms with Gasteiger partial charge in [-0.15, -0.1) is 0 Å². The highest BCUT2D eigenvalue weighted by atomic mass is 16.5. The van der Waals surface area contributed by atoms with E-state index in [0.29, 0.717) is 6.42 Å². The first-order valence-corrected chi connectivity index (χ1v) is 8.38. The number of amides is 1. The Morgan fingerprint density at radius 3 is 2.52 bits per heavy atom. The number of carbonyl (C=O) groups is 2. The van der Waals surface area contributed by atoms with Crippen LogP contribution in [0.3, 0.4) is 0 Å². The molecule has 0 aliphatic carbocycles. The van der Waals surface area contributed by atoms with Gasteiger partial charge in [-0.3, -0.25) is 4.79 Å². The Hall–Kier alpha value is -1.68. The summed E-state index contributed by atoms with van der Waals surface area (Å²) in [6, 6.07) is -1.15. The third-order valence-corrected chi connectivity index (χ3v) is 4.02. The zero-order valence-corrected chi connectivity index (χ0v) is 14.2. The Kier molecular flexibility index (Phi) is 8.84. The van der Waals surface area contributed by atoms with E-state index in [1.807, 2.05) is 6.92 Å². The van der Waals surface area contributed by atoms with Crippen LogP contribution in [0, 0.1) is 0 Å². The van der Waals surface area contributed by atoms with E-state index in [-0.39, 0.29) is 12.3 Å². The molecule has 25 heavy (non-hydrogen) atoms. The molecule has 9 heteroatoms. The summed E-state index contributed by atoms with van der Waals surface area (Å²) < 4.78 is 5.13. The van der Waals surface area contributed by atoms with Gasteiger partial charge >= 0.3 is 5.97 Å². The van der Waals surface area contributed by atoms with E-state index in [1.54, 1.807) is 0 Å². The Morgan fingerprint density at radius 2 is 1.96 bits per heavy atom. The van der Waals surface area contributed by atoms with Crippen LogP contribution in [0.2, 0.25) is 0 Å². The molecule has 1 rings (SSSR count). The lowest BCUT2D eigenvalue weighted by molar-refractivity contribution is -0.149. The number of carboxylic acids is 1. The van der Waals surface area contributed by atoms with Crippen LogP contribution in [-0.2, 0) is 14.3 Å². The highest BCUT2D eigenvalue weighted by Crippen LogP contribution is 2.23. The molecule has 1 heterocycles. The number of aliphatic hydroxyl groups is 4. The lowest BCUT2D eigenvalue weighted by Crippen LogP contribution is -2.60. The number of nitrogens with one attached hydrogen (secondary N) is 1. The normalized spacial score (nSPS) is 25.5. The van der Waals surface area contributed by atoms with Gasteiger partial charge in [-0.05, 0) is 12.5 Å². The maximum atomic E-state index is 12.0. The van der Waals surface area contributed by atoms with Crippen molar-refractivity contribution in [2.75, 3.05) is 6.61 Å². The molecule has 0 saturated carbocycles. The molecule has 1 amide bonds. The summed E-state index contributed by atoms with van der Waals surface area (Å²) in [5.74, 6) is -2.44. The maximum Gasteiger partial charge on any atom is 0.370 e. The molecule has 0 radical (unpaired) electrons. The molecular weight excluding hydrogens is 334 g/mol. The van der Waals surface area contributed by atoms with Crippen LogP contribution in [0.25, 0.3) is 0 Å². The van der Waals surface area contributed by atoms with Crippen molar-refractivity contribution in [2.24, 2.45) is 0 Å². The minimum absolute atomic E-state index is 0.212. The molecule has 5 atom stereocenters. The van der Waals surface area contributed by atoms with Gasteiger partial charge in [-0.25, -0.2) is 4.79 Å². The zero-order valence-electron chi connectivity index (χ0n) is 14.2. The fraction of sp³-hybridized carbons (Fsp3) is 0.750. The predicted molar refractivity (Wildman–Crippen MR) is 86.4 cm³/mol. The van der Waals surface area contributed by atoms with Crippen molar-refractivity contribution >= 4 is 11.9 Å². The summed E-state index contributed by atoms with van der Waals surface area (Å²) in [6.45, 7) is 1.25. The van der Waals surface area contributed by atoms with Crippen molar-refractivity contribution in [3.05, 3.63) is 11.8 Å². The number of aliphatic hydroxyl groups excluding tert-OH is 4. The topological polar surface area (TPSA) is 157 Å². The molecule has 0 aromatic rings. The number of hydrogen-bond acceptors (Lipinski definition) is 7. The SMILES string of the molecule is CCCCCCC(=O)N[C@@H]1C(O)C=C(C(=O)O)OC1C(O)C(O)CO. The maximum absolute atomic E-state index is 12.0. The quantitative estimate of drug-likeness (QED) is 0.267. The second kappa shape index (κ2) is 10.3. The summed E-state index contributed by atoms with van der Waals surface area (Å²) >= 11 is 0. The number of ether oxygens (including phenoxy) is 1. The highest BCUT2D eigenvalue weighted by molar-refractivity contribution is 5.84. The first kappa shape index (κ1) is 21.4. The summed E-state index contributed by atoms with van der Waals surface area (Å²) in [5.41, 5.74) is 0. The van der Waals surface area contributed by atoms with E-state index in [0.717, 1.165) is 25.3 Å². The van der Waals surface area contributed by atoms with Crippen LogP contribution in [0.4, 0.5) is 0 Å². The number of hydrogen-bond donors (Lipinski definition) is 6. The molecule has 1 aliphatic rings. The van der Waals surface area contributed by atoms with Crippen LogP contribution in [0.1, 0.15) is 39.0 Å². The predicted octanol–water partition coefficient (Wildman–Crippen LogP) is -1.12. The third-order valence-electron chi connectivity index (χ3n) is 4.02. The lowest BCUT2D eigenvalue weighted by atomic mass is 9.93. The Balaban J connectivity index is 2.83. The average Bonchev–Trinajstić information content (AvgIpc) is 2.58. The van der Waals surface area contributed by atoms with E-state index in [1.165, 1.54) is 0 Å². The van der Waals surface area contributed by atoms with Gasteiger partial charge in [-0.2, -0.15) is 0 Å². The van der Waals surface area contributed by atoms with E-state index in [9.17, 15) is 24.9 Å². The molecule has 0 aromatic carbocycles. The van der Waals surface area contributed by atoms with Crippen molar-refractivity contribution in [1.29, 1.82) is 0 Å². The van der Waals surface area contributed by atoms with Gasteiger partial charge in [0.05, 0.1) is 12.6 Å². The molecule has 0 aromatic heterocycles. The fourth-order valence-corrected chi connectivity index (χ4v) is 2.58. The van der Waals surface area contributed by atoms with E-state index >= 15 is 0 Å². The van der Waals surface area contributed by atoms with E-state index in [2.05, 4.69) is 5.32 Å². The number of carboxylic acid groups (broad SMARTS) is 1. The van der Waals surface area contributed by atoms with Crippen molar-refractivity contribution < 1.29 is 39.9 Å². The van der Waals surface area contributed by atoms with Crippen molar-refractivity contribution in [3.63, 3.8) is 0 Å². The van der Waals surface area contributed by atoms with Crippen LogP contribution < -0.4 is 5.32 Å². The molecule has 0 saturated heterocycles. The number of unbranched alkanes of at least 4 members (excludes halogenated alkanes) is 3. The Bertz CT molecular complexity index is 481. The zero-order chi connectivity index (χ0) is 19.0. The largest absolute Gasteiger partial charge is 0.478 e. The fourth-order valence-electron chi connectivity index (χ4n) is 2.58. The molecule has 4 unspecified atom stereocenters. The van der Waals surface area contributed by atoms with Gasteiger partial charge in [-0.1, -0.05) is 26.2 Å². The van der Waals surface area contributed by atoms with Gasteiger partial charge < -0.3 is 35.6 Å². The van der Waals surface area contributed by atoms with Crippen molar-refractivity contribution in [2.45, 2.75) is 69.5 Å². The highest BCUT2D eigenvalue weighted by Gasteiger charge is 2.43. The minimum Gasteiger partial charge on any atom is -0.478 e. The first-order valence-electron chi connectivity index (χ1n) is 8.38.